The second-order valence-corrected chi connectivity index (χ2v) is 46.6. The van der Waals surface area contributed by atoms with Gasteiger partial charge >= 0.3 is 64.3 Å². The molecule has 6 atom stereocenters. The fourth-order valence-electron chi connectivity index (χ4n) is 14.9. The highest BCUT2D eigenvalue weighted by atomic mass is 32.2. The normalized spacial score (nSPS) is 13.0. The number of halogens is 2. The summed E-state index contributed by atoms with van der Waals surface area (Å²) in [5.74, 6) is -1.36. The van der Waals surface area contributed by atoms with Crippen LogP contribution in [-0.4, -0.2) is 251 Å². The molecule has 15 N–H and O–H groups in total. The van der Waals surface area contributed by atoms with Crippen molar-refractivity contribution in [2.24, 2.45) is 17.2 Å². The van der Waals surface area contributed by atoms with Gasteiger partial charge in [0.25, 0.3) is 0 Å². The number of carbonyl (C=O) groups is 9. The molecule has 0 spiro atoms. The van der Waals surface area contributed by atoms with E-state index >= 15 is 0 Å². The molecule has 0 aromatic carbocycles. The molecule has 0 saturated heterocycles. The van der Waals surface area contributed by atoms with Gasteiger partial charge in [0.1, 0.15) is 38.1 Å². The number of hydrogen-bond donors (Lipinski definition) is 12. The average molecular weight is 2200 g/mol. The lowest BCUT2D eigenvalue weighted by Crippen LogP contribution is -2.43. The van der Waals surface area contributed by atoms with Crippen LogP contribution in [0, 0.1) is 0 Å². The Bertz CT molecular complexity index is 3260. The maximum atomic E-state index is 13.2. The highest BCUT2D eigenvalue weighted by Crippen LogP contribution is 2.54. The van der Waals surface area contributed by atoms with Crippen molar-refractivity contribution in [2.75, 3.05) is 126 Å². The summed E-state index contributed by atoms with van der Waals surface area (Å²) in [4.78, 5) is 165. The summed E-state index contributed by atoms with van der Waals surface area (Å²) >= 11 is 4.00. The van der Waals surface area contributed by atoms with Crippen LogP contribution in [0.5, 0.6) is 0 Å². The molecular formula is C104H203F2N6O27P3S3. The number of thioether (sulfide) groups is 3. The lowest BCUT2D eigenvalue weighted by atomic mass is 10.1. The van der Waals surface area contributed by atoms with Crippen molar-refractivity contribution in [3.05, 3.63) is 0 Å². The van der Waals surface area contributed by atoms with E-state index in [4.69, 9.17) is 89.2 Å². The quantitative estimate of drug-likeness (QED) is 0.0116. The molecule has 145 heavy (non-hydrogen) atoms. The molecule has 0 aromatic heterocycles. The maximum Gasteiger partial charge on any atom is 0.394 e. The number of esters is 6. The van der Waals surface area contributed by atoms with Gasteiger partial charge in [-0.25, -0.2) is 0 Å². The molecule has 0 unspecified atom stereocenters. The summed E-state index contributed by atoms with van der Waals surface area (Å²) in [7, 11) is -13.7. The Morgan fingerprint density at radius 3 is 0.724 bits per heavy atom. The molecule has 0 radical (unpaired) electrons. The Labute approximate surface area is 884 Å². The van der Waals surface area contributed by atoms with E-state index in [2.05, 4.69) is 57.5 Å². The first-order valence-corrected chi connectivity index (χ1v) is 64.3. The molecule has 33 nitrogen and oxygen atoms in total. The number of nitrogens with two attached hydrogens (primary N) is 3. The van der Waals surface area contributed by atoms with Crippen molar-refractivity contribution in [1.82, 2.24) is 16.0 Å². The molecule has 0 heterocycles. The highest BCUT2D eigenvalue weighted by Gasteiger charge is 2.48. The maximum absolute atomic E-state index is 13.2. The van der Waals surface area contributed by atoms with Crippen LogP contribution in [0.15, 0.2) is 0 Å². The van der Waals surface area contributed by atoms with Gasteiger partial charge in [-0.15, -0.1) is 0 Å². The third-order valence-electron chi connectivity index (χ3n) is 23.8. The van der Waals surface area contributed by atoms with Gasteiger partial charge in [-0.1, -0.05) is 350 Å². The zero-order valence-corrected chi connectivity index (χ0v) is 95.4. The number of amides is 3. The summed E-state index contributed by atoms with van der Waals surface area (Å²) in [6.07, 6.45) is 60.6. The first-order valence-electron chi connectivity index (χ1n) is 55.6. The van der Waals surface area contributed by atoms with Crippen LogP contribution >= 0.6 is 58.1 Å². The van der Waals surface area contributed by atoms with Crippen LogP contribution < -0.4 is 33.2 Å². The highest BCUT2D eigenvalue weighted by molar-refractivity contribution is 7.99. The molecule has 0 aliphatic rings. The first kappa shape index (κ1) is 145. The van der Waals surface area contributed by atoms with Crippen molar-refractivity contribution in [1.29, 1.82) is 0 Å². The summed E-state index contributed by atoms with van der Waals surface area (Å²) in [5, 5.41) is 7.86. The third-order valence-corrected chi connectivity index (χ3v) is 30.1. The van der Waals surface area contributed by atoms with Crippen molar-refractivity contribution < 1.29 is 138 Å². The zero-order chi connectivity index (χ0) is 108. The Kier molecular flexibility index (Phi) is 104. The monoisotopic (exact) mass is 2200 g/mol. The molecule has 0 rings (SSSR count). The van der Waals surface area contributed by atoms with E-state index in [1.807, 2.05) is 0 Å². The van der Waals surface area contributed by atoms with Crippen LogP contribution in [-0.2, 0) is 99.5 Å². The smallest absolute Gasteiger partial charge is 0.394 e. The number of unbranched alkanes of at least 4 members (excludes halogenated alkanes) is 48. The summed E-state index contributed by atoms with van der Waals surface area (Å²) in [6.45, 7) is 13.1. The summed E-state index contributed by atoms with van der Waals surface area (Å²) in [6, 6.07) is -2.51. The van der Waals surface area contributed by atoms with Gasteiger partial charge < -0.3 is 105 Å². The topological polar surface area (TPSA) is 523 Å². The Balaban J connectivity index is -0.00000209. The van der Waals surface area contributed by atoms with E-state index in [9.17, 15) is 65.6 Å². The molecule has 0 aliphatic heterocycles. The second-order valence-electron chi connectivity index (χ2n) is 38.1. The molecule has 0 fully saturated rings. The van der Waals surface area contributed by atoms with Gasteiger partial charge in [-0.05, 0) is 44.9 Å². The van der Waals surface area contributed by atoms with Gasteiger partial charge in [-0.2, -0.15) is 44.1 Å². The molecule has 0 saturated carbocycles. The zero-order valence-electron chi connectivity index (χ0n) is 90.3. The van der Waals surface area contributed by atoms with Gasteiger partial charge in [0.2, 0.25) is 17.7 Å². The van der Waals surface area contributed by atoms with E-state index in [1.165, 1.54) is 266 Å². The van der Waals surface area contributed by atoms with E-state index in [-0.39, 0.29) is 150 Å². The fraction of sp³-hybridized carbons (Fsp3) is 0.913. The van der Waals surface area contributed by atoms with Gasteiger partial charge in [0.15, 0.2) is 0 Å². The average Bonchev–Trinajstić information content (AvgIpc) is 0.843. The van der Waals surface area contributed by atoms with E-state index in [1.54, 1.807) is 0 Å². The van der Waals surface area contributed by atoms with Crippen molar-refractivity contribution in [3.8, 4) is 0 Å². The predicted molar refractivity (Wildman–Crippen MR) is 581 cm³/mol. The van der Waals surface area contributed by atoms with Crippen LogP contribution in [0.25, 0.3) is 0 Å². The summed E-state index contributed by atoms with van der Waals surface area (Å²) < 4.78 is 108. The minimum absolute atomic E-state index is 0.0276. The Morgan fingerprint density at radius 1 is 0.276 bits per heavy atom. The molecule has 3 amide bonds. The predicted octanol–water partition coefficient (Wildman–Crippen LogP) is 21.3. The number of rotatable bonds is 104. The molecule has 0 aromatic rings. The second kappa shape index (κ2) is 103. The number of nitrogens with one attached hydrogen (secondary N) is 3. The molecule has 858 valence electrons. The lowest BCUT2D eigenvalue weighted by molar-refractivity contribution is -0.157. The van der Waals surface area contributed by atoms with Crippen molar-refractivity contribution >= 4 is 112 Å². The molecule has 41 heteroatoms. The van der Waals surface area contributed by atoms with Crippen LogP contribution in [0.4, 0.5) is 8.78 Å². The minimum Gasteiger partial charge on any atom is -0.462 e. The van der Waals surface area contributed by atoms with Crippen LogP contribution in [0.3, 0.4) is 0 Å². The van der Waals surface area contributed by atoms with E-state index in [0.717, 1.165) is 116 Å². The Hall–Kier alpha value is -3.65. The standard InChI is InChI=1S/C37H71F2N2O10PS.C34H67N2O9PS.C33H65N2O8PS/c1-3-5-7-9-11-13-15-17-19-21-34(42)50-29-32(51-35(43)22-20-18-16-14-12-10-8-6-4-2)30-53-31-33(40)36(44)41-24-26-49-28-27-48-25-23-37(38,39)52(45,46)47;1-3-5-7-9-11-13-15-17-19-21-32(37)44-27-30(45-33(38)22-20-18-16-14-12-10-8-6-4-2)28-47-29-31(35)34(39)36-23-24-43-25-26-46(40,41)42;1-3-5-7-9-11-13-15-17-19-22-31(36)42-26-29(43-32(37)23-20-18-16-14-12-10-8-6-4-2)27-45-28-30(34)33(38)35-24-21-25-44(39,40)41/h32-33H,3-31,40H2,1-2H3,(H,41,44)(H2,45,46,47);30-31H,3-29,35H2,1-2H3,(H,36,39)(H2,40,41,42);29-30H,3-28,34H2,1-2H3,(H,35,38)(H2,39,40,41)/t32-,33+;30-,31+;29-,30+/m111/s1. The van der Waals surface area contributed by atoms with Gasteiger partial charge in [-0.3, -0.25) is 56.8 Å². The largest absolute Gasteiger partial charge is 0.462 e. The van der Waals surface area contributed by atoms with Crippen molar-refractivity contribution in [3.63, 3.8) is 0 Å². The molecule has 0 bridgehead atoms. The van der Waals surface area contributed by atoms with Crippen molar-refractivity contribution in [2.45, 2.75) is 482 Å². The summed E-state index contributed by atoms with van der Waals surface area (Å²) in [5.41, 5.74) is 13.9. The number of alkyl halides is 2. The minimum atomic E-state index is -5.54. The first-order chi connectivity index (χ1) is 69.5. The lowest BCUT2D eigenvalue weighted by Gasteiger charge is -2.19. The third kappa shape index (κ3) is 106. The number of hydrogen-bond acceptors (Lipinski definition) is 27. The Morgan fingerprint density at radius 2 is 0.490 bits per heavy atom. The van der Waals surface area contributed by atoms with Crippen LogP contribution in [0.1, 0.15) is 440 Å². The molecular weight excluding hydrogens is 1990 g/mol. The van der Waals surface area contributed by atoms with E-state index in [0.29, 0.717) is 55.8 Å². The molecule has 0 aliphatic carbocycles. The van der Waals surface area contributed by atoms with E-state index < -0.39 is 89.7 Å². The number of ether oxygens (including phenoxy) is 9. The van der Waals surface area contributed by atoms with Gasteiger partial charge in [0, 0.05) is 99.1 Å². The van der Waals surface area contributed by atoms with Gasteiger partial charge in [0.05, 0.1) is 70.1 Å². The van der Waals surface area contributed by atoms with Crippen LogP contribution in [0.2, 0.25) is 0 Å². The SMILES string of the molecule is CCCCCCCCCCCC(=O)OC[C@H](CSC[C@H](N)C(=O)NCCCP(=O)(O)O)OC(=O)CCCCCCCCCCC.CCCCCCCCCCCC(=O)OC[C@H](CSC[C@H](N)C(=O)NCCOCCOCCC(F)(F)P(=O)(O)O)OC(=O)CCCCCCCCCCC.CCCCCCCCCCCC(=O)OC[C@H](CSC[C@H](N)C(=O)NCCOCCP(=O)(O)O)OC(=O)CCCCCCCCCCC. The fourth-order valence-corrected chi connectivity index (χ4v) is 19.1. The number of carbonyl (C=O) groups excluding carboxylic acids is 9.